The number of benzene rings is 2. The van der Waals surface area contributed by atoms with E-state index in [1.165, 1.54) is 11.1 Å². The van der Waals surface area contributed by atoms with Gasteiger partial charge in [0, 0.05) is 24.7 Å². The van der Waals surface area contributed by atoms with Crippen LogP contribution >= 0.6 is 11.6 Å². The monoisotopic (exact) mass is 356 g/mol. The number of hydrogen-bond acceptors (Lipinski definition) is 3. The largest absolute Gasteiger partial charge is 0.352 e. The number of para-hydroxylation sites is 2. The molecule has 132 valence electrons. The minimum absolute atomic E-state index is 0.728. The lowest BCUT2D eigenvalue weighted by Crippen LogP contribution is -2.27. The fourth-order valence-corrected chi connectivity index (χ4v) is 3.13. The fraction of sp³-hybridized carbons (Fsp3) is 0.350. The first-order valence-electron chi connectivity index (χ1n) is 8.87. The van der Waals surface area contributed by atoms with Gasteiger partial charge in [0.2, 0.25) is 5.95 Å². The van der Waals surface area contributed by atoms with Crippen LogP contribution in [0.2, 0.25) is 5.02 Å². The molecule has 3 aromatic rings. The van der Waals surface area contributed by atoms with Gasteiger partial charge in [0.15, 0.2) is 0 Å². The third-order valence-electron chi connectivity index (χ3n) is 4.55. The molecular formula is C20H25ClN4. The number of halogens is 1. The summed E-state index contributed by atoms with van der Waals surface area (Å²) in [4.78, 5) is 7.21. The molecule has 4 nitrogen and oxygen atoms in total. The van der Waals surface area contributed by atoms with Crippen molar-refractivity contribution >= 4 is 28.6 Å². The Hall–Kier alpha value is -2.04. The Balaban J connectivity index is 1.80. The lowest BCUT2D eigenvalue weighted by atomic mass is 10.2. The Morgan fingerprint density at radius 3 is 2.48 bits per heavy atom. The first-order chi connectivity index (χ1) is 12.2. The van der Waals surface area contributed by atoms with Gasteiger partial charge in [0.05, 0.1) is 11.0 Å². The topological polar surface area (TPSA) is 33.1 Å². The summed E-state index contributed by atoms with van der Waals surface area (Å²) in [5.74, 6) is 0.920. The Kier molecular flexibility index (Phi) is 5.95. The summed E-state index contributed by atoms with van der Waals surface area (Å²) in [5, 5.41) is 4.25. The van der Waals surface area contributed by atoms with Gasteiger partial charge < -0.3 is 14.8 Å². The lowest BCUT2D eigenvalue weighted by Gasteiger charge is -2.19. The Bertz CT molecular complexity index is 806. The van der Waals surface area contributed by atoms with Gasteiger partial charge in [-0.15, -0.1) is 0 Å². The number of imidazole rings is 1. The number of likely N-dealkylation sites (N-methyl/N-ethyl adjacent to an activating group) is 1. The number of rotatable bonds is 8. The molecule has 0 bridgehead atoms. The standard InChI is InChI=1S/C20H25ClN4/c1-3-24(4-2)13-14-25-19-8-6-5-7-18(19)23-20(25)22-15-16-9-11-17(21)12-10-16/h5-12H,3-4,13-15H2,1-2H3,(H,22,23). The zero-order valence-corrected chi connectivity index (χ0v) is 15.6. The molecule has 5 heteroatoms. The molecule has 0 fully saturated rings. The van der Waals surface area contributed by atoms with Crippen molar-refractivity contribution in [3.05, 3.63) is 59.1 Å². The molecule has 0 spiro atoms. The molecular weight excluding hydrogens is 332 g/mol. The van der Waals surface area contributed by atoms with Gasteiger partial charge in [-0.3, -0.25) is 0 Å². The highest BCUT2D eigenvalue weighted by atomic mass is 35.5. The van der Waals surface area contributed by atoms with Crippen LogP contribution < -0.4 is 5.32 Å². The maximum Gasteiger partial charge on any atom is 0.204 e. The van der Waals surface area contributed by atoms with Crippen molar-refractivity contribution in [3.8, 4) is 0 Å². The summed E-state index contributed by atoms with van der Waals surface area (Å²) in [6.45, 7) is 9.21. The summed E-state index contributed by atoms with van der Waals surface area (Å²) in [5.41, 5.74) is 3.39. The van der Waals surface area contributed by atoms with Crippen molar-refractivity contribution in [2.45, 2.75) is 26.9 Å². The van der Waals surface area contributed by atoms with E-state index in [0.717, 1.165) is 49.2 Å². The van der Waals surface area contributed by atoms with Crippen molar-refractivity contribution < 1.29 is 0 Å². The van der Waals surface area contributed by atoms with Crippen LogP contribution in [0.5, 0.6) is 0 Å². The quantitative estimate of drug-likeness (QED) is 0.638. The second kappa shape index (κ2) is 8.37. The van der Waals surface area contributed by atoms with Crippen molar-refractivity contribution in [2.75, 3.05) is 25.0 Å². The molecule has 0 atom stereocenters. The first kappa shape index (κ1) is 17.8. The number of fused-ring (bicyclic) bond motifs is 1. The van der Waals surface area contributed by atoms with E-state index >= 15 is 0 Å². The molecule has 2 aromatic carbocycles. The lowest BCUT2D eigenvalue weighted by molar-refractivity contribution is 0.292. The molecule has 1 heterocycles. The minimum atomic E-state index is 0.728. The molecule has 1 N–H and O–H groups in total. The van der Waals surface area contributed by atoms with Crippen molar-refractivity contribution in [1.29, 1.82) is 0 Å². The van der Waals surface area contributed by atoms with Gasteiger partial charge in [-0.1, -0.05) is 49.7 Å². The van der Waals surface area contributed by atoms with Gasteiger partial charge in [0.25, 0.3) is 0 Å². The summed E-state index contributed by atoms with van der Waals surface area (Å²) >= 11 is 5.96. The van der Waals surface area contributed by atoms with E-state index < -0.39 is 0 Å². The highest BCUT2D eigenvalue weighted by molar-refractivity contribution is 6.30. The average Bonchev–Trinajstić information content (AvgIpc) is 3.00. The molecule has 1 aromatic heterocycles. The van der Waals surface area contributed by atoms with E-state index in [1.54, 1.807) is 0 Å². The van der Waals surface area contributed by atoms with Crippen LogP contribution in [0.15, 0.2) is 48.5 Å². The third-order valence-corrected chi connectivity index (χ3v) is 4.80. The molecule has 0 aliphatic rings. The van der Waals surface area contributed by atoms with Gasteiger partial charge in [0.1, 0.15) is 0 Å². The summed E-state index contributed by atoms with van der Waals surface area (Å²) < 4.78 is 2.28. The van der Waals surface area contributed by atoms with Crippen LogP contribution in [-0.2, 0) is 13.1 Å². The van der Waals surface area contributed by atoms with E-state index in [2.05, 4.69) is 46.8 Å². The molecule has 0 saturated heterocycles. The number of nitrogens with zero attached hydrogens (tertiary/aromatic N) is 3. The zero-order valence-electron chi connectivity index (χ0n) is 14.9. The summed E-state index contributed by atoms with van der Waals surface area (Å²) in [6.07, 6.45) is 0. The molecule has 25 heavy (non-hydrogen) atoms. The van der Waals surface area contributed by atoms with Gasteiger partial charge in [-0.05, 0) is 42.9 Å². The van der Waals surface area contributed by atoms with E-state index in [1.807, 2.05) is 30.3 Å². The molecule has 0 saturated carbocycles. The van der Waals surface area contributed by atoms with Gasteiger partial charge in [-0.2, -0.15) is 0 Å². The van der Waals surface area contributed by atoms with Crippen molar-refractivity contribution in [3.63, 3.8) is 0 Å². The summed E-state index contributed by atoms with van der Waals surface area (Å²) in [7, 11) is 0. The SMILES string of the molecule is CCN(CC)CCn1c(NCc2ccc(Cl)cc2)nc2ccccc21. The van der Waals surface area contributed by atoms with E-state index in [9.17, 15) is 0 Å². The molecule has 0 amide bonds. The van der Waals surface area contributed by atoms with E-state index in [-0.39, 0.29) is 0 Å². The Morgan fingerprint density at radius 1 is 1.04 bits per heavy atom. The normalized spacial score (nSPS) is 11.4. The van der Waals surface area contributed by atoms with E-state index in [0.29, 0.717) is 0 Å². The first-order valence-corrected chi connectivity index (χ1v) is 9.25. The second-order valence-electron chi connectivity index (χ2n) is 6.08. The molecule has 0 aliphatic heterocycles. The number of anilines is 1. The Labute approximate surface area is 154 Å². The average molecular weight is 357 g/mol. The number of nitrogens with one attached hydrogen (secondary N) is 1. The smallest absolute Gasteiger partial charge is 0.204 e. The molecule has 0 radical (unpaired) electrons. The molecule has 0 unspecified atom stereocenters. The van der Waals surface area contributed by atoms with Crippen LogP contribution in [0.1, 0.15) is 19.4 Å². The Morgan fingerprint density at radius 2 is 1.76 bits per heavy atom. The summed E-state index contributed by atoms with van der Waals surface area (Å²) in [6, 6.07) is 16.2. The van der Waals surface area contributed by atoms with Crippen LogP contribution in [0.4, 0.5) is 5.95 Å². The van der Waals surface area contributed by atoms with Gasteiger partial charge >= 0.3 is 0 Å². The number of hydrogen-bond donors (Lipinski definition) is 1. The predicted octanol–water partition coefficient (Wildman–Crippen LogP) is 4.64. The van der Waals surface area contributed by atoms with Crippen LogP contribution in [-0.4, -0.2) is 34.1 Å². The minimum Gasteiger partial charge on any atom is -0.352 e. The highest BCUT2D eigenvalue weighted by Gasteiger charge is 2.11. The van der Waals surface area contributed by atoms with E-state index in [4.69, 9.17) is 16.6 Å². The maximum atomic E-state index is 5.96. The second-order valence-corrected chi connectivity index (χ2v) is 6.52. The zero-order chi connectivity index (χ0) is 17.6. The molecule has 3 rings (SSSR count). The van der Waals surface area contributed by atoms with Crippen molar-refractivity contribution in [2.24, 2.45) is 0 Å². The van der Waals surface area contributed by atoms with Crippen LogP contribution in [0.3, 0.4) is 0 Å². The van der Waals surface area contributed by atoms with Crippen LogP contribution in [0, 0.1) is 0 Å². The van der Waals surface area contributed by atoms with Crippen LogP contribution in [0.25, 0.3) is 11.0 Å². The number of aromatic nitrogens is 2. The molecule has 0 aliphatic carbocycles. The highest BCUT2D eigenvalue weighted by Crippen LogP contribution is 2.20. The predicted molar refractivity (Wildman–Crippen MR) is 106 cm³/mol. The van der Waals surface area contributed by atoms with Gasteiger partial charge in [-0.25, -0.2) is 4.98 Å². The van der Waals surface area contributed by atoms with Crippen molar-refractivity contribution in [1.82, 2.24) is 14.5 Å². The third kappa shape index (κ3) is 4.33. The fourth-order valence-electron chi connectivity index (χ4n) is 3.00. The maximum absolute atomic E-state index is 5.96.